The summed E-state index contributed by atoms with van der Waals surface area (Å²) < 4.78 is 0. The summed E-state index contributed by atoms with van der Waals surface area (Å²) in [6, 6.07) is 11.7. The van der Waals surface area contributed by atoms with Crippen molar-refractivity contribution in [3.05, 3.63) is 64.7 Å². The van der Waals surface area contributed by atoms with Gasteiger partial charge in [-0.15, -0.1) is 0 Å². The molecule has 0 unspecified atom stereocenters. The van der Waals surface area contributed by atoms with Gasteiger partial charge in [-0.05, 0) is 61.2 Å². The molecule has 0 bridgehead atoms. The molecular weight excluding hydrogens is 356 g/mol. The number of aromatic carboxylic acids is 1. The lowest BCUT2D eigenvalue weighted by Gasteiger charge is -2.11. The second-order valence-electron chi connectivity index (χ2n) is 7.19. The van der Waals surface area contributed by atoms with Gasteiger partial charge in [-0.2, -0.15) is 0 Å². The van der Waals surface area contributed by atoms with Crippen LogP contribution in [0.25, 0.3) is 0 Å². The van der Waals surface area contributed by atoms with E-state index in [-0.39, 0.29) is 23.3 Å². The van der Waals surface area contributed by atoms with Crippen LogP contribution in [-0.2, 0) is 11.3 Å². The lowest BCUT2D eigenvalue weighted by molar-refractivity contribution is -0.124. The number of benzene rings is 2. The third-order valence-corrected chi connectivity index (χ3v) is 5.12. The first-order valence-corrected chi connectivity index (χ1v) is 9.46. The maximum Gasteiger partial charge on any atom is 0.335 e. The van der Waals surface area contributed by atoms with Crippen molar-refractivity contribution in [3.8, 4) is 0 Å². The lowest BCUT2D eigenvalue weighted by atomic mass is 10.1. The van der Waals surface area contributed by atoms with E-state index in [4.69, 9.17) is 5.11 Å². The Hall–Kier alpha value is -3.15. The SMILES string of the molecule is Cc1cc(NC(=O)c2ccc(CNC(=O)C3CCCC3)cc2)ccc1C(=O)O. The van der Waals surface area contributed by atoms with Gasteiger partial charge in [-0.1, -0.05) is 25.0 Å². The van der Waals surface area contributed by atoms with Crippen molar-refractivity contribution in [3.63, 3.8) is 0 Å². The second-order valence-corrected chi connectivity index (χ2v) is 7.19. The standard InChI is InChI=1S/C22H24N2O4/c1-14-12-18(10-11-19(14)22(27)28)24-21(26)17-8-6-15(7-9-17)13-23-20(25)16-4-2-3-5-16/h6-12,16H,2-5,13H2,1H3,(H,23,25)(H,24,26)(H,27,28). The third kappa shape index (κ3) is 4.76. The van der Waals surface area contributed by atoms with Gasteiger partial charge in [-0.25, -0.2) is 4.79 Å². The quantitative estimate of drug-likeness (QED) is 0.711. The molecule has 2 amide bonds. The zero-order chi connectivity index (χ0) is 20.1. The number of aryl methyl sites for hydroxylation is 1. The van der Waals surface area contributed by atoms with Crippen molar-refractivity contribution in [1.29, 1.82) is 0 Å². The number of anilines is 1. The van der Waals surface area contributed by atoms with E-state index in [9.17, 15) is 14.4 Å². The summed E-state index contributed by atoms with van der Waals surface area (Å²) in [5.41, 5.74) is 2.76. The van der Waals surface area contributed by atoms with Crippen LogP contribution in [0.5, 0.6) is 0 Å². The zero-order valence-corrected chi connectivity index (χ0v) is 15.8. The topological polar surface area (TPSA) is 95.5 Å². The van der Waals surface area contributed by atoms with Gasteiger partial charge in [0.1, 0.15) is 0 Å². The maximum absolute atomic E-state index is 12.4. The van der Waals surface area contributed by atoms with Crippen molar-refractivity contribution in [2.75, 3.05) is 5.32 Å². The van der Waals surface area contributed by atoms with Crippen LogP contribution in [-0.4, -0.2) is 22.9 Å². The molecule has 146 valence electrons. The molecular formula is C22H24N2O4. The molecule has 1 aliphatic carbocycles. The van der Waals surface area contributed by atoms with Gasteiger partial charge in [0.25, 0.3) is 5.91 Å². The van der Waals surface area contributed by atoms with Crippen LogP contribution < -0.4 is 10.6 Å². The van der Waals surface area contributed by atoms with E-state index < -0.39 is 5.97 Å². The predicted octanol–water partition coefficient (Wildman–Crippen LogP) is 3.75. The molecule has 0 heterocycles. The minimum atomic E-state index is -0.994. The molecule has 0 aliphatic heterocycles. The summed E-state index contributed by atoms with van der Waals surface area (Å²) >= 11 is 0. The summed E-state index contributed by atoms with van der Waals surface area (Å²) in [6.45, 7) is 2.14. The largest absolute Gasteiger partial charge is 0.478 e. The normalized spacial score (nSPS) is 13.9. The second kappa shape index (κ2) is 8.69. The van der Waals surface area contributed by atoms with Gasteiger partial charge in [0.05, 0.1) is 5.56 Å². The summed E-state index contributed by atoms with van der Waals surface area (Å²) in [5, 5.41) is 14.8. The number of carboxylic acids is 1. The zero-order valence-electron chi connectivity index (χ0n) is 15.8. The summed E-state index contributed by atoms with van der Waals surface area (Å²) in [4.78, 5) is 35.5. The monoisotopic (exact) mass is 380 g/mol. The van der Waals surface area contributed by atoms with Crippen LogP contribution in [0.4, 0.5) is 5.69 Å². The van der Waals surface area contributed by atoms with E-state index in [1.807, 2.05) is 12.1 Å². The molecule has 1 fully saturated rings. The Morgan fingerprint density at radius 3 is 2.32 bits per heavy atom. The van der Waals surface area contributed by atoms with E-state index in [0.29, 0.717) is 23.4 Å². The molecule has 6 heteroatoms. The number of carboxylic acid groups (broad SMARTS) is 1. The number of hydrogen-bond donors (Lipinski definition) is 3. The Bertz CT molecular complexity index is 884. The fourth-order valence-corrected chi connectivity index (χ4v) is 3.48. The summed E-state index contributed by atoms with van der Waals surface area (Å²) in [6.07, 6.45) is 4.19. The molecule has 3 N–H and O–H groups in total. The van der Waals surface area contributed by atoms with Crippen molar-refractivity contribution in [2.45, 2.75) is 39.2 Å². The van der Waals surface area contributed by atoms with Crippen molar-refractivity contribution < 1.29 is 19.5 Å². The third-order valence-electron chi connectivity index (χ3n) is 5.12. The number of hydrogen-bond acceptors (Lipinski definition) is 3. The van der Waals surface area contributed by atoms with Crippen LogP contribution in [0.3, 0.4) is 0 Å². The van der Waals surface area contributed by atoms with Gasteiger partial charge in [0, 0.05) is 23.7 Å². The lowest BCUT2D eigenvalue weighted by Crippen LogP contribution is -2.28. The first-order chi connectivity index (χ1) is 13.4. The highest BCUT2D eigenvalue weighted by Crippen LogP contribution is 2.24. The number of nitrogens with one attached hydrogen (secondary N) is 2. The van der Waals surface area contributed by atoms with E-state index in [2.05, 4.69) is 10.6 Å². The van der Waals surface area contributed by atoms with Gasteiger partial charge >= 0.3 is 5.97 Å². The van der Waals surface area contributed by atoms with Gasteiger partial charge < -0.3 is 15.7 Å². The highest BCUT2D eigenvalue weighted by Gasteiger charge is 2.22. The molecule has 2 aromatic carbocycles. The molecule has 0 aromatic heterocycles. The Labute approximate surface area is 164 Å². The van der Waals surface area contributed by atoms with E-state index in [0.717, 1.165) is 31.2 Å². The number of amides is 2. The Balaban J connectivity index is 1.56. The Morgan fingerprint density at radius 2 is 1.71 bits per heavy atom. The molecule has 28 heavy (non-hydrogen) atoms. The van der Waals surface area contributed by atoms with Crippen molar-refractivity contribution >= 4 is 23.5 Å². The predicted molar refractivity (Wildman–Crippen MR) is 106 cm³/mol. The van der Waals surface area contributed by atoms with E-state index in [1.165, 1.54) is 6.07 Å². The van der Waals surface area contributed by atoms with E-state index >= 15 is 0 Å². The van der Waals surface area contributed by atoms with Gasteiger partial charge in [0.2, 0.25) is 5.91 Å². The smallest absolute Gasteiger partial charge is 0.335 e. The Morgan fingerprint density at radius 1 is 1.04 bits per heavy atom. The highest BCUT2D eigenvalue weighted by molar-refractivity contribution is 6.04. The molecule has 2 aromatic rings. The van der Waals surface area contributed by atoms with Crippen molar-refractivity contribution in [2.24, 2.45) is 5.92 Å². The van der Waals surface area contributed by atoms with Crippen molar-refractivity contribution in [1.82, 2.24) is 5.32 Å². The fourth-order valence-electron chi connectivity index (χ4n) is 3.48. The van der Waals surface area contributed by atoms with Crippen LogP contribution in [0, 0.1) is 12.8 Å². The van der Waals surface area contributed by atoms with Crippen LogP contribution in [0.1, 0.15) is 57.5 Å². The highest BCUT2D eigenvalue weighted by atomic mass is 16.4. The van der Waals surface area contributed by atoms with Gasteiger partial charge in [0.15, 0.2) is 0 Å². The molecule has 0 saturated heterocycles. The maximum atomic E-state index is 12.4. The van der Waals surface area contributed by atoms with Crippen LogP contribution in [0.2, 0.25) is 0 Å². The fraction of sp³-hybridized carbons (Fsp3) is 0.318. The minimum Gasteiger partial charge on any atom is -0.478 e. The average Bonchev–Trinajstić information content (AvgIpc) is 3.21. The molecule has 6 nitrogen and oxygen atoms in total. The molecule has 0 radical (unpaired) electrons. The molecule has 1 aliphatic rings. The molecule has 3 rings (SSSR count). The molecule has 1 saturated carbocycles. The average molecular weight is 380 g/mol. The first-order valence-electron chi connectivity index (χ1n) is 9.46. The number of rotatable bonds is 6. The molecule has 0 atom stereocenters. The first kappa shape index (κ1) is 19.6. The number of carbonyl (C=O) groups excluding carboxylic acids is 2. The van der Waals surface area contributed by atoms with Gasteiger partial charge in [-0.3, -0.25) is 9.59 Å². The van der Waals surface area contributed by atoms with Crippen LogP contribution >= 0.6 is 0 Å². The summed E-state index contributed by atoms with van der Waals surface area (Å²) in [5.74, 6) is -1.02. The summed E-state index contributed by atoms with van der Waals surface area (Å²) in [7, 11) is 0. The van der Waals surface area contributed by atoms with Crippen LogP contribution in [0.15, 0.2) is 42.5 Å². The molecule has 0 spiro atoms. The number of carbonyl (C=O) groups is 3. The van der Waals surface area contributed by atoms with E-state index in [1.54, 1.807) is 31.2 Å². The minimum absolute atomic E-state index is 0.111. The Kier molecular flexibility index (Phi) is 6.09.